The van der Waals surface area contributed by atoms with E-state index in [1.165, 1.54) is 0 Å². The van der Waals surface area contributed by atoms with Gasteiger partial charge in [0.15, 0.2) is 0 Å². The van der Waals surface area contributed by atoms with Gasteiger partial charge >= 0.3 is 0 Å². The Bertz CT molecular complexity index is 423. The molecule has 3 N–H and O–H groups in total. The molecule has 76 valence electrons. The van der Waals surface area contributed by atoms with Gasteiger partial charge in [0.2, 0.25) is 0 Å². The summed E-state index contributed by atoms with van der Waals surface area (Å²) in [6.07, 6.45) is 1.83. The van der Waals surface area contributed by atoms with Crippen molar-refractivity contribution in [2.45, 2.75) is 13.8 Å². The molecule has 0 aliphatic heterocycles. The molecule has 0 heterocycles. The van der Waals surface area contributed by atoms with Gasteiger partial charge in [-0.15, -0.1) is 0 Å². The van der Waals surface area contributed by atoms with E-state index in [2.05, 4.69) is 5.48 Å². The predicted octanol–water partition coefficient (Wildman–Crippen LogP) is 0.174. The molecule has 5 nitrogen and oxygen atoms in total. The lowest BCUT2D eigenvalue weighted by atomic mass is 10.2. The second kappa shape index (κ2) is 4.06. The first-order valence-corrected chi connectivity index (χ1v) is 4.14. The zero-order valence-corrected chi connectivity index (χ0v) is 8.09. The SMILES string of the molecule is CC(C)=CCONc1c(N)c(=O)c1=O. The van der Waals surface area contributed by atoms with Gasteiger partial charge in [-0.1, -0.05) is 11.6 Å². The van der Waals surface area contributed by atoms with Crippen LogP contribution in [0.2, 0.25) is 0 Å². The molecule has 5 heteroatoms. The van der Waals surface area contributed by atoms with E-state index >= 15 is 0 Å². The number of hydrogen-bond donors (Lipinski definition) is 2. The number of hydrogen-bond acceptors (Lipinski definition) is 5. The summed E-state index contributed by atoms with van der Waals surface area (Å²) < 4.78 is 0. The first-order chi connectivity index (χ1) is 6.54. The maximum atomic E-state index is 10.9. The number of nitrogens with two attached hydrogens (primary N) is 1. The van der Waals surface area contributed by atoms with Crippen molar-refractivity contribution in [1.82, 2.24) is 0 Å². The summed E-state index contributed by atoms with van der Waals surface area (Å²) in [5.41, 5.74) is 7.41. The van der Waals surface area contributed by atoms with E-state index in [1.807, 2.05) is 19.9 Å². The van der Waals surface area contributed by atoms with Crippen LogP contribution >= 0.6 is 0 Å². The molecule has 0 aliphatic rings. The third kappa shape index (κ3) is 2.00. The van der Waals surface area contributed by atoms with Crippen molar-refractivity contribution in [2.75, 3.05) is 17.8 Å². The molecule has 0 unspecified atom stereocenters. The van der Waals surface area contributed by atoms with Crippen molar-refractivity contribution in [1.29, 1.82) is 0 Å². The smallest absolute Gasteiger partial charge is 0.255 e. The average molecular weight is 196 g/mol. The standard InChI is InChI=1S/C9H12N2O3/c1-5(2)3-4-14-11-7-6(10)8(12)9(7)13/h3,11H,4,10H2,1-2H3. The highest BCUT2D eigenvalue weighted by Gasteiger charge is 2.17. The van der Waals surface area contributed by atoms with E-state index < -0.39 is 10.9 Å². The molecule has 0 saturated heterocycles. The summed E-state index contributed by atoms with van der Waals surface area (Å²) in [7, 11) is 0. The number of nitrogens with one attached hydrogen (secondary N) is 1. The third-order valence-electron chi connectivity index (χ3n) is 1.70. The molecule has 0 spiro atoms. The van der Waals surface area contributed by atoms with Crippen molar-refractivity contribution < 1.29 is 4.84 Å². The zero-order chi connectivity index (χ0) is 10.7. The monoisotopic (exact) mass is 196 g/mol. The second-order valence-corrected chi connectivity index (χ2v) is 3.14. The van der Waals surface area contributed by atoms with Crippen molar-refractivity contribution in [2.24, 2.45) is 0 Å². The van der Waals surface area contributed by atoms with E-state index in [9.17, 15) is 9.59 Å². The Morgan fingerprint density at radius 3 is 2.57 bits per heavy atom. The first-order valence-electron chi connectivity index (χ1n) is 4.14. The Kier molecular flexibility index (Phi) is 3.03. The molecular weight excluding hydrogens is 184 g/mol. The second-order valence-electron chi connectivity index (χ2n) is 3.14. The summed E-state index contributed by atoms with van der Waals surface area (Å²) >= 11 is 0. The van der Waals surface area contributed by atoms with Crippen LogP contribution < -0.4 is 22.1 Å². The van der Waals surface area contributed by atoms with E-state index in [-0.39, 0.29) is 11.4 Å². The minimum Gasteiger partial charge on any atom is -0.394 e. The molecule has 1 aromatic carbocycles. The number of anilines is 2. The normalized spacial score (nSPS) is 10.1. The molecule has 0 aromatic heterocycles. The topological polar surface area (TPSA) is 81.4 Å². The van der Waals surface area contributed by atoms with Gasteiger partial charge in [0.25, 0.3) is 10.9 Å². The van der Waals surface area contributed by atoms with E-state index in [4.69, 9.17) is 10.6 Å². The van der Waals surface area contributed by atoms with Crippen LogP contribution in [0.1, 0.15) is 13.8 Å². The van der Waals surface area contributed by atoms with E-state index in [0.717, 1.165) is 5.57 Å². The van der Waals surface area contributed by atoms with Crippen LogP contribution in [-0.4, -0.2) is 6.61 Å². The molecule has 0 saturated carbocycles. The van der Waals surface area contributed by atoms with Gasteiger partial charge < -0.3 is 5.73 Å². The van der Waals surface area contributed by atoms with Crippen molar-refractivity contribution >= 4 is 11.4 Å². The minimum absolute atomic E-state index is 0.0529. The van der Waals surface area contributed by atoms with Crippen molar-refractivity contribution in [3.05, 3.63) is 32.1 Å². The van der Waals surface area contributed by atoms with Gasteiger partial charge in [-0.3, -0.25) is 19.9 Å². The summed E-state index contributed by atoms with van der Waals surface area (Å²) in [6.45, 7) is 4.17. The fourth-order valence-electron chi connectivity index (χ4n) is 0.833. The molecule has 0 fully saturated rings. The van der Waals surface area contributed by atoms with Gasteiger partial charge in [-0.05, 0) is 13.8 Å². The molecule has 0 atom stereocenters. The van der Waals surface area contributed by atoms with Crippen LogP contribution in [0.3, 0.4) is 0 Å². The van der Waals surface area contributed by atoms with Crippen molar-refractivity contribution in [3.8, 4) is 0 Å². The fourth-order valence-corrected chi connectivity index (χ4v) is 0.833. The highest BCUT2D eigenvalue weighted by atomic mass is 16.6. The maximum Gasteiger partial charge on any atom is 0.255 e. The Morgan fingerprint density at radius 2 is 2.07 bits per heavy atom. The Balaban J connectivity index is 2.45. The van der Waals surface area contributed by atoms with Crippen LogP contribution in [0.4, 0.5) is 11.4 Å². The molecule has 1 aromatic rings. The van der Waals surface area contributed by atoms with Crippen LogP contribution in [0.5, 0.6) is 0 Å². The van der Waals surface area contributed by atoms with Crippen LogP contribution in [0.25, 0.3) is 0 Å². The van der Waals surface area contributed by atoms with E-state index in [0.29, 0.717) is 6.61 Å². The zero-order valence-electron chi connectivity index (χ0n) is 8.09. The highest BCUT2D eigenvalue weighted by Crippen LogP contribution is 2.08. The van der Waals surface area contributed by atoms with Crippen LogP contribution in [0.15, 0.2) is 21.2 Å². The molecule has 0 aliphatic carbocycles. The van der Waals surface area contributed by atoms with Gasteiger partial charge in [0.1, 0.15) is 11.4 Å². The highest BCUT2D eigenvalue weighted by molar-refractivity contribution is 5.70. The third-order valence-corrected chi connectivity index (χ3v) is 1.70. The Labute approximate surface area is 80.8 Å². The number of allylic oxidation sites excluding steroid dienone is 1. The average Bonchev–Trinajstić information content (AvgIpc) is 2.15. The summed E-state index contributed by atoms with van der Waals surface area (Å²) in [4.78, 5) is 26.4. The lowest BCUT2D eigenvalue weighted by Crippen LogP contribution is -2.37. The van der Waals surface area contributed by atoms with Gasteiger partial charge in [-0.2, -0.15) is 0 Å². The molecule has 0 amide bonds. The quantitative estimate of drug-likeness (QED) is 0.310. The lowest BCUT2D eigenvalue weighted by Gasteiger charge is -2.08. The predicted molar refractivity (Wildman–Crippen MR) is 54.8 cm³/mol. The van der Waals surface area contributed by atoms with Gasteiger partial charge in [0.05, 0.1) is 6.61 Å². The number of rotatable bonds is 4. The Hall–Kier alpha value is -1.62. The molecule has 0 bridgehead atoms. The molecule has 1 rings (SSSR count). The first kappa shape index (κ1) is 10.5. The summed E-state index contributed by atoms with van der Waals surface area (Å²) in [6, 6.07) is 0. The molecular formula is C9H12N2O3. The lowest BCUT2D eigenvalue weighted by molar-refractivity contribution is 0.227. The number of nitrogen functional groups attached to an aromatic ring is 1. The largest absolute Gasteiger partial charge is 0.394 e. The van der Waals surface area contributed by atoms with Gasteiger partial charge in [-0.25, -0.2) is 0 Å². The van der Waals surface area contributed by atoms with Crippen LogP contribution in [-0.2, 0) is 4.84 Å². The minimum atomic E-state index is -0.654. The van der Waals surface area contributed by atoms with E-state index in [1.54, 1.807) is 0 Å². The van der Waals surface area contributed by atoms with Crippen molar-refractivity contribution in [3.63, 3.8) is 0 Å². The molecule has 14 heavy (non-hydrogen) atoms. The summed E-state index contributed by atoms with van der Waals surface area (Å²) in [5, 5.41) is 0. The summed E-state index contributed by atoms with van der Waals surface area (Å²) in [5.74, 6) is 0. The maximum absolute atomic E-state index is 10.9. The fraction of sp³-hybridized carbons (Fsp3) is 0.333. The van der Waals surface area contributed by atoms with Gasteiger partial charge in [0, 0.05) is 0 Å². The van der Waals surface area contributed by atoms with Crippen LogP contribution in [0, 0.1) is 0 Å². The molecule has 0 radical (unpaired) electrons. The Morgan fingerprint density at radius 1 is 1.43 bits per heavy atom.